The molecular weight excluding hydrogens is 178 g/mol. The summed E-state index contributed by atoms with van der Waals surface area (Å²) in [5.41, 5.74) is 1.08. The summed E-state index contributed by atoms with van der Waals surface area (Å²) in [5, 5.41) is 5.63. The first-order chi connectivity index (χ1) is 6.72. The number of carbonyl (C=O) groups is 1. The van der Waals surface area contributed by atoms with Gasteiger partial charge in [0.15, 0.2) is 0 Å². The van der Waals surface area contributed by atoms with Crippen molar-refractivity contribution in [1.82, 2.24) is 10.3 Å². The van der Waals surface area contributed by atoms with Gasteiger partial charge in [-0.2, -0.15) is 0 Å². The smallest absolute Gasteiger partial charge is 0.239 e. The molecule has 0 aliphatic carbocycles. The molecule has 1 aromatic rings. The van der Waals surface area contributed by atoms with Gasteiger partial charge >= 0.3 is 0 Å². The fourth-order valence-corrected chi connectivity index (χ4v) is 0.967. The lowest BCUT2D eigenvalue weighted by Gasteiger charge is -2.04. The Kier molecular flexibility index (Phi) is 4.07. The zero-order chi connectivity index (χ0) is 10.4. The Labute approximate surface area is 83.7 Å². The minimum Gasteiger partial charge on any atom is -0.310 e. The van der Waals surface area contributed by atoms with Gasteiger partial charge in [0.2, 0.25) is 5.91 Å². The summed E-state index contributed by atoms with van der Waals surface area (Å²) in [4.78, 5) is 15.3. The molecule has 0 saturated heterocycles. The van der Waals surface area contributed by atoms with E-state index in [-0.39, 0.29) is 5.91 Å². The van der Waals surface area contributed by atoms with E-state index < -0.39 is 0 Å². The van der Waals surface area contributed by atoms with Crippen molar-refractivity contribution in [3.8, 4) is 0 Å². The van der Waals surface area contributed by atoms with E-state index in [1.807, 2.05) is 19.9 Å². The van der Waals surface area contributed by atoms with Gasteiger partial charge in [-0.3, -0.25) is 4.79 Å². The largest absolute Gasteiger partial charge is 0.310 e. The van der Waals surface area contributed by atoms with Crippen LogP contribution < -0.4 is 10.6 Å². The number of pyridine rings is 1. The van der Waals surface area contributed by atoms with Crippen LogP contribution in [0.15, 0.2) is 18.3 Å². The molecule has 4 nitrogen and oxygen atoms in total. The van der Waals surface area contributed by atoms with Gasteiger partial charge in [0.25, 0.3) is 0 Å². The first-order valence-electron chi connectivity index (χ1n) is 4.65. The summed E-state index contributed by atoms with van der Waals surface area (Å²) < 4.78 is 0. The summed E-state index contributed by atoms with van der Waals surface area (Å²) in [6.07, 6.45) is 1.73. The van der Waals surface area contributed by atoms with Crippen molar-refractivity contribution in [2.75, 3.05) is 18.4 Å². The number of hydrogen-bond acceptors (Lipinski definition) is 3. The fraction of sp³-hybridized carbons (Fsp3) is 0.400. The minimum atomic E-state index is -0.0665. The van der Waals surface area contributed by atoms with E-state index in [1.54, 1.807) is 12.3 Å². The Morgan fingerprint density at radius 1 is 1.50 bits per heavy atom. The van der Waals surface area contributed by atoms with Crippen LogP contribution in [0.1, 0.15) is 12.5 Å². The maximum atomic E-state index is 11.2. The Morgan fingerprint density at radius 2 is 2.29 bits per heavy atom. The van der Waals surface area contributed by atoms with E-state index in [0.717, 1.165) is 12.1 Å². The van der Waals surface area contributed by atoms with Crippen LogP contribution >= 0.6 is 0 Å². The van der Waals surface area contributed by atoms with Crippen LogP contribution in [0.2, 0.25) is 0 Å². The monoisotopic (exact) mass is 193 g/mol. The number of aromatic nitrogens is 1. The fourth-order valence-electron chi connectivity index (χ4n) is 0.967. The van der Waals surface area contributed by atoms with Crippen LogP contribution in [0, 0.1) is 6.92 Å². The predicted octanol–water partition coefficient (Wildman–Crippen LogP) is 0.938. The second-order valence-corrected chi connectivity index (χ2v) is 3.05. The molecule has 0 aliphatic rings. The van der Waals surface area contributed by atoms with Crippen molar-refractivity contribution < 1.29 is 4.79 Å². The molecule has 0 spiro atoms. The molecule has 1 amide bonds. The molecule has 76 valence electrons. The molecular formula is C10H15N3O. The summed E-state index contributed by atoms with van der Waals surface area (Å²) in [6, 6.07) is 3.70. The van der Waals surface area contributed by atoms with Crippen LogP contribution in [0.4, 0.5) is 5.82 Å². The van der Waals surface area contributed by atoms with Gasteiger partial charge in [0, 0.05) is 6.20 Å². The van der Waals surface area contributed by atoms with E-state index >= 15 is 0 Å². The molecule has 0 bridgehead atoms. The van der Waals surface area contributed by atoms with Crippen molar-refractivity contribution in [2.45, 2.75) is 13.8 Å². The molecule has 1 rings (SSSR count). The SMILES string of the molecule is CCNCC(=O)Nc1ccc(C)cn1. The summed E-state index contributed by atoms with van der Waals surface area (Å²) >= 11 is 0. The molecule has 0 unspecified atom stereocenters. The number of aryl methyl sites for hydroxylation is 1. The Hall–Kier alpha value is -1.42. The average molecular weight is 193 g/mol. The number of anilines is 1. The number of nitrogens with zero attached hydrogens (tertiary/aromatic N) is 1. The van der Waals surface area contributed by atoms with Crippen LogP contribution in [-0.4, -0.2) is 24.0 Å². The van der Waals surface area contributed by atoms with Crippen LogP contribution in [-0.2, 0) is 4.79 Å². The molecule has 0 atom stereocenters. The zero-order valence-corrected chi connectivity index (χ0v) is 8.50. The van der Waals surface area contributed by atoms with E-state index in [1.165, 1.54) is 0 Å². The lowest BCUT2D eigenvalue weighted by atomic mass is 10.3. The molecule has 4 heteroatoms. The summed E-state index contributed by atoms with van der Waals surface area (Å²) in [5.74, 6) is 0.529. The van der Waals surface area contributed by atoms with Gasteiger partial charge in [0.1, 0.15) is 5.82 Å². The highest BCUT2D eigenvalue weighted by Crippen LogP contribution is 2.02. The van der Waals surface area contributed by atoms with Crippen molar-refractivity contribution in [3.05, 3.63) is 23.9 Å². The van der Waals surface area contributed by atoms with Gasteiger partial charge < -0.3 is 10.6 Å². The number of carbonyl (C=O) groups excluding carboxylic acids is 1. The highest BCUT2D eigenvalue weighted by atomic mass is 16.1. The first-order valence-corrected chi connectivity index (χ1v) is 4.65. The quantitative estimate of drug-likeness (QED) is 0.748. The molecule has 2 N–H and O–H groups in total. The average Bonchev–Trinajstić information content (AvgIpc) is 2.18. The molecule has 1 aromatic heterocycles. The van der Waals surface area contributed by atoms with Crippen LogP contribution in [0.25, 0.3) is 0 Å². The standard InChI is InChI=1S/C10H15N3O/c1-3-11-7-10(14)13-9-5-4-8(2)6-12-9/h4-6,11H,3,7H2,1-2H3,(H,12,13,14). The second-order valence-electron chi connectivity index (χ2n) is 3.05. The first kappa shape index (κ1) is 10.7. The van der Waals surface area contributed by atoms with Gasteiger partial charge in [-0.05, 0) is 25.1 Å². The number of likely N-dealkylation sites (N-methyl/N-ethyl adjacent to an activating group) is 1. The van der Waals surface area contributed by atoms with Crippen molar-refractivity contribution in [3.63, 3.8) is 0 Å². The van der Waals surface area contributed by atoms with Gasteiger partial charge in [-0.25, -0.2) is 4.98 Å². The third-order valence-electron chi connectivity index (χ3n) is 1.71. The molecule has 1 heterocycles. The number of nitrogens with one attached hydrogen (secondary N) is 2. The zero-order valence-electron chi connectivity index (χ0n) is 8.50. The van der Waals surface area contributed by atoms with Crippen LogP contribution in [0.5, 0.6) is 0 Å². The molecule has 0 radical (unpaired) electrons. The maximum Gasteiger partial charge on any atom is 0.239 e. The lowest BCUT2D eigenvalue weighted by molar-refractivity contribution is -0.115. The Bertz CT molecular complexity index is 295. The predicted molar refractivity (Wildman–Crippen MR) is 56.1 cm³/mol. The number of amides is 1. The summed E-state index contributed by atoms with van der Waals surface area (Å²) in [7, 11) is 0. The second kappa shape index (κ2) is 5.34. The lowest BCUT2D eigenvalue weighted by Crippen LogP contribution is -2.28. The number of hydrogen-bond donors (Lipinski definition) is 2. The van der Waals surface area contributed by atoms with Crippen molar-refractivity contribution in [1.29, 1.82) is 0 Å². The maximum absolute atomic E-state index is 11.2. The molecule has 0 fully saturated rings. The molecule has 0 aliphatic heterocycles. The Balaban J connectivity index is 2.44. The van der Waals surface area contributed by atoms with Gasteiger partial charge in [0.05, 0.1) is 6.54 Å². The topological polar surface area (TPSA) is 54.0 Å². The normalized spacial score (nSPS) is 9.86. The Morgan fingerprint density at radius 3 is 2.86 bits per heavy atom. The minimum absolute atomic E-state index is 0.0665. The van der Waals surface area contributed by atoms with E-state index in [2.05, 4.69) is 15.6 Å². The highest BCUT2D eigenvalue weighted by Gasteiger charge is 2.00. The van der Waals surface area contributed by atoms with Crippen molar-refractivity contribution >= 4 is 11.7 Å². The van der Waals surface area contributed by atoms with Crippen LogP contribution in [0.3, 0.4) is 0 Å². The summed E-state index contributed by atoms with van der Waals surface area (Å²) in [6.45, 7) is 5.02. The van der Waals surface area contributed by atoms with E-state index in [9.17, 15) is 4.79 Å². The highest BCUT2D eigenvalue weighted by molar-refractivity contribution is 5.91. The molecule has 14 heavy (non-hydrogen) atoms. The van der Waals surface area contributed by atoms with Gasteiger partial charge in [-0.15, -0.1) is 0 Å². The molecule has 0 aromatic carbocycles. The van der Waals surface area contributed by atoms with Gasteiger partial charge in [-0.1, -0.05) is 13.0 Å². The van der Waals surface area contributed by atoms with Crippen molar-refractivity contribution in [2.24, 2.45) is 0 Å². The van der Waals surface area contributed by atoms with E-state index in [0.29, 0.717) is 12.4 Å². The van der Waals surface area contributed by atoms with E-state index in [4.69, 9.17) is 0 Å². The molecule has 0 saturated carbocycles. The third kappa shape index (κ3) is 3.53. The number of rotatable bonds is 4. The third-order valence-corrected chi connectivity index (χ3v) is 1.71.